The van der Waals surface area contributed by atoms with Gasteiger partial charge in [0, 0.05) is 24.8 Å². The van der Waals surface area contributed by atoms with Crippen molar-refractivity contribution in [3.8, 4) is 0 Å². The minimum absolute atomic E-state index is 0.00373. The molecule has 0 aliphatic heterocycles. The largest absolute Gasteiger partial charge is 0.413 e. The second-order valence-corrected chi connectivity index (χ2v) is 26.3. The maximum absolute atomic E-state index is 14.1. The predicted octanol–water partition coefficient (Wildman–Crippen LogP) is 8.22. The third-order valence-corrected chi connectivity index (χ3v) is 21.5. The first-order valence-corrected chi connectivity index (χ1v) is 22.7. The highest BCUT2D eigenvalue weighted by Gasteiger charge is 2.49. The number of nitrogens with one attached hydrogen (secondary N) is 1. The van der Waals surface area contributed by atoms with Crippen LogP contribution in [0.1, 0.15) is 102 Å². The number of carbonyl (C=O) groups is 1. The molecule has 11 heteroatoms. The summed E-state index contributed by atoms with van der Waals surface area (Å²) in [6, 6.07) is 12.0. The lowest BCUT2D eigenvalue weighted by atomic mass is 10.1. The molecule has 1 aromatic carbocycles. The Morgan fingerprint density at radius 2 is 1.69 bits per heavy atom. The number of anilines is 1. The average Bonchev–Trinajstić information content (AvgIpc) is 3.61. The second kappa shape index (κ2) is 15.5. The normalized spacial score (nSPS) is 19.1. The van der Waals surface area contributed by atoms with E-state index in [0.29, 0.717) is 46.9 Å². The van der Waals surface area contributed by atoms with Gasteiger partial charge in [-0.05, 0) is 59.2 Å². The summed E-state index contributed by atoms with van der Waals surface area (Å²) in [4.78, 5) is 22.9. The summed E-state index contributed by atoms with van der Waals surface area (Å²) in [5, 5.41) is 18.8. The fourth-order valence-corrected chi connectivity index (χ4v) is 13.8. The van der Waals surface area contributed by atoms with E-state index in [2.05, 4.69) is 103 Å². The van der Waals surface area contributed by atoms with Crippen molar-refractivity contribution in [3.05, 3.63) is 71.4 Å². The third-order valence-electron chi connectivity index (χ3n) is 10.9. The van der Waals surface area contributed by atoms with E-state index in [4.69, 9.17) is 14.0 Å². The summed E-state index contributed by atoms with van der Waals surface area (Å²) in [6.45, 7) is 25.8. The molecule has 0 radical (unpaired) electrons. The van der Waals surface area contributed by atoms with Gasteiger partial charge in [0.25, 0.3) is 0 Å². The molecule has 48 heavy (non-hydrogen) atoms. The van der Waals surface area contributed by atoms with Gasteiger partial charge in [0.05, 0.1) is 30.5 Å². The lowest BCUT2D eigenvalue weighted by Crippen LogP contribution is -2.51. The van der Waals surface area contributed by atoms with Crippen molar-refractivity contribution in [1.82, 2.24) is 19.7 Å². The van der Waals surface area contributed by atoms with Gasteiger partial charge in [-0.25, -0.2) is 9.97 Å². The van der Waals surface area contributed by atoms with Crippen LogP contribution in [0.4, 0.5) is 5.82 Å². The van der Waals surface area contributed by atoms with Gasteiger partial charge in [-0.1, -0.05) is 92.6 Å². The Bertz CT molecular complexity index is 1480. The quantitative estimate of drug-likeness (QED) is 0.121. The first kappa shape index (κ1) is 38.1. The number of aliphatic hydroxyl groups is 1. The molecule has 0 amide bonds. The zero-order chi connectivity index (χ0) is 35.4. The van der Waals surface area contributed by atoms with Gasteiger partial charge >= 0.3 is 0 Å². The fourth-order valence-electron chi connectivity index (χ4n) is 7.20. The van der Waals surface area contributed by atoms with Crippen molar-refractivity contribution < 1.29 is 18.8 Å². The molecule has 0 spiro atoms. The van der Waals surface area contributed by atoms with Crippen LogP contribution in [0.15, 0.2) is 48.9 Å². The molecule has 2 N–H and O–H groups in total. The average molecular weight is 694 g/mol. The molecule has 264 valence electrons. The van der Waals surface area contributed by atoms with E-state index in [1.807, 2.05) is 28.9 Å². The molecule has 0 saturated heterocycles. The van der Waals surface area contributed by atoms with Crippen molar-refractivity contribution in [2.45, 2.75) is 135 Å². The Morgan fingerprint density at radius 3 is 2.27 bits per heavy atom. The molecule has 0 unspecified atom stereocenters. The maximum atomic E-state index is 14.1. The van der Waals surface area contributed by atoms with Gasteiger partial charge in [-0.3, -0.25) is 9.48 Å². The summed E-state index contributed by atoms with van der Waals surface area (Å²) in [5.74, 6) is 0.256. The van der Waals surface area contributed by atoms with Gasteiger partial charge in [0.2, 0.25) is 14.1 Å². The molecular formula is C37H59N5O4Si2. The third kappa shape index (κ3) is 8.35. The van der Waals surface area contributed by atoms with E-state index in [-0.39, 0.29) is 35.5 Å². The zero-order valence-corrected chi connectivity index (χ0v) is 33.1. The molecule has 0 bridgehead atoms. The number of aliphatic hydroxyl groups excluding tert-OH is 1. The highest BCUT2D eigenvalue weighted by Crippen LogP contribution is 2.46. The van der Waals surface area contributed by atoms with Gasteiger partial charge in [0.15, 0.2) is 8.32 Å². The number of aromatic nitrogens is 4. The summed E-state index contributed by atoms with van der Waals surface area (Å²) >= 11 is 0. The van der Waals surface area contributed by atoms with Crippen LogP contribution in [0.3, 0.4) is 0 Å². The van der Waals surface area contributed by atoms with E-state index in [1.54, 1.807) is 6.20 Å². The number of hydrogen-bond acceptors (Lipinski definition) is 8. The Morgan fingerprint density at radius 1 is 1.04 bits per heavy atom. The van der Waals surface area contributed by atoms with Crippen molar-refractivity contribution in [3.63, 3.8) is 0 Å². The van der Waals surface area contributed by atoms with Crippen molar-refractivity contribution in [2.75, 3.05) is 11.9 Å². The number of hydrogen-bond donors (Lipinski definition) is 2. The Kier molecular flexibility index (Phi) is 12.3. The smallest absolute Gasteiger partial charge is 0.218 e. The number of benzene rings is 1. The van der Waals surface area contributed by atoms with Crippen LogP contribution in [0.2, 0.25) is 34.8 Å². The molecular weight excluding hydrogens is 635 g/mol. The SMILES string of the molecule is CC(C)[Si](O[C@H]1C[C@H](Nc2ncncc2C(=O)c2cc(CO[Si](C)(C)C(C)(C)C)n(Cc3ccccc3)n2)C[C@@H]1CO)(C(C)C)C(C)C. The van der Waals surface area contributed by atoms with E-state index in [1.165, 1.54) is 6.33 Å². The zero-order valence-electron chi connectivity index (χ0n) is 31.1. The van der Waals surface area contributed by atoms with Crippen LogP contribution in [0.5, 0.6) is 0 Å². The fraction of sp³-hybridized carbons (Fsp3) is 0.622. The molecule has 9 nitrogen and oxygen atoms in total. The monoisotopic (exact) mass is 693 g/mol. The van der Waals surface area contributed by atoms with Crippen molar-refractivity contribution >= 4 is 28.2 Å². The van der Waals surface area contributed by atoms with Crippen LogP contribution < -0.4 is 5.32 Å². The number of rotatable bonds is 15. The summed E-state index contributed by atoms with van der Waals surface area (Å²) in [5.41, 5.74) is 4.01. The molecule has 3 atom stereocenters. The van der Waals surface area contributed by atoms with Gasteiger partial charge in [0.1, 0.15) is 17.8 Å². The Labute approximate surface area is 290 Å². The number of nitrogens with zero attached hydrogens (tertiary/aromatic N) is 4. The maximum Gasteiger partial charge on any atom is 0.218 e. The first-order chi connectivity index (χ1) is 22.5. The molecule has 1 aliphatic rings. The van der Waals surface area contributed by atoms with E-state index < -0.39 is 16.6 Å². The van der Waals surface area contributed by atoms with Crippen LogP contribution in [-0.4, -0.2) is 66.0 Å². The molecule has 1 fully saturated rings. The molecule has 2 aromatic heterocycles. The van der Waals surface area contributed by atoms with E-state index in [0.717, 1.165) is 24.1 Å². The molecule has 4 rings (SSSR count). The molecule has 3 aromatic rings. The van der Waals surface area contributed by atoms with Crippen LogP contribution in [-0.2, 0) is 22.0 Å². The van der Waals surface area contributed by atoms with Crippen molar-refractivity contribution in [1.29, 1.82) is 0 Å². The van der Waals surface area contributed by atoms with E-state index >= 15 is 0 Å². The molecule has 2 heterocycles. The Hall–Kier alpha value is -2.71. The summed E-state index contributed by atoms with van der Waals surface area (Å²) in [7, 11) is -4.19. The first-order valence-electron chi connectivity index (χ1n) is 17.6. The van der Waals surface area contributed by atoms with Crippen molar-refractivity contribution in [2.24, 2.45) is 5.92 Å². The van der Waals surface area contributed by atoms with Crippen LogP contribution >= 0.6 is 0 Å². The van der Waals surface area contributed by atoms with E-state index in [9.17, 15) is 9.90 Å². The Balaban J connectivity index is 1.59. The summed E-state index contributed by atoms with van der Waals surface area (Å²) < 4.78 is 15.6. The topological polar surface area (TPSA) is 111 Å². The highest BCUT2D eigenvalue weighted by atomic mass is 28.4. The van der Waals surface area contributed by atoms with Gasteiger partial charge in [-0.2, -0.15) is 5.10 Å². The molecule has 1 aliphatic carbocycles. The minimum Gasteiger partial charge on any atom is -0.413 e. The molecule has 1 saturated carbocycles. The lowest BCUT2D eigenvalue weighted by molar-refractivity contribution is 0.0941. The lowest BCUT2D eigenvalue weighted by Gasteiger charge is -2.45. The number of carbonyl (C=O) groups excluding carboxylic acids is 1. The van der Waals surface area contributed by atoms with Gasteiger partial charge in [-0.15, -0.1) is 0 Å². The van der Waals surface area contributed by atoms with Gasteiger partial charge < -0.3 is 19.3 Å². The van der Waals surface area contributed by atoms with Crippen LogP contribution in [0, 0.1) is 5.92 Å². The standard InChI is InChI=1S/C37H59N5O4Si2/c1-25(2)48(26(3)4,27(5)6)46-34-18-30(17-29(34)22-43)40-36-32(20-38-24-39-36)35(44)33-19-31(23-45-47(10,11)37(7,8)9)42(41-33)21-28-15-13-12-14-16-28/h12-16,19-20,24-27,29-30,34,43H,17-18,21-23H2,1-11H3,(H,38,39,40)/t29-,30-,34+/m1/s1. The summed E-state index contributed by atoms with van der Waals surface area (Å²) in [6.07, 6.45) is 4.46. The second-order valence-electron chi connectivity index (χ2n) is 16.1. The highest BCUT2D eigenvalue weighted by molar-refractivity contribution is 6.77. The number of ketones is 1. The van der Waals surface area contributed by atoms with Crippen LogP contribution in [0.25, 0.3) is 0 Å². The predicted molar refractivity (Wildman–Crippen MR) is 198 cm³/mol. The minimum atomic E-state index is -2.14.